The minimum Gasteiger partial charge on any atom is -0.389 e. The molecule has 7 heteroatoms. The Labute approximate surface area is 160 Å². The van der Waals surface area contributed by atoms with Crippen molar-refractivity contribution in [2.75, 3.05) is 33.4 Å². The van der Waals surface area contributed by atoms with E-state index in [0.717, 1.165) is 42.8 Å². The number of pyridine rings is 1. The number of carbonyl (C=O) groups is 1. The first-order valence-corrected chi connectivity index (χ1v) is 9.74. The Morgan fingerprint density at radius 3 is 2.78 bits per heavy atom. The van der Waals surface area contributed by atoms with Gasteiger partial charge in [0.1, 0.15) is 5.65 Å². The summed E-state index contributed by atoms with van der Waals surface area (Å²) in [6.07, 6.45) is 5.84. The number of aliphatic hydroxyl groups excluding tert-OH is 1. The van der Waals surface area contributed by atoms with Gasteiger partial charge >= 0.3 is 0 Å². The van der Waals surface area contributed by atoms with E-state index in [-0.39, 0.29) is 12.5 Å². The number of carbonyl (C=O) groups excluding carboxylic acids is 1. The van der Waals surface area contributed by atoms with E-state index in [2.05, 4.69) is 10.3 Å². The van der Waals surface area contributed by atoms with Crippen LogP contribution in [0.4, 0.5) is 0 Å². The van der Waals surface area contributed by atoms with Crippen molar-refractivity contribution in [3.05, 3.63) is 35.3 Å². The van der Waals surface area contributed by atoms with Gasteiger partial charge in [0.15, 0.2) is 5.69 Å². The summed E-state index contributed by atoms with van der Waals surface area (Å²) in [5.74, 6) is 0.00694. The van der Waals surface area contributed by atoms with Crippen LogP contribution in [0.5, 0.6) is 0 Å². The maximum Gasteiger partial charge on any atom is 0.274 e. The molecule has 0 aliphatic carbocycles. The van der Waals surface area contributed by atoms with Gasteiger partial charge in [-0.15, -0.1) is 0 Å². The predicted molar refractivity (Wildman–Crippen MR) is 104 cm³/mol. The highest BCUT2D eigenvalue weighted by atomic mass is 16.5. The summed E-state index contributed by atoms with van der Waals surface area (Å²) in [5, 5.41) is 13.1. The SMILES string of the molecule is COCC(O)CNCc1c(C(=O)N2CCCCCC2)nc2cc(C)ccn12. The van der Waals surface area contributed by atoms with E-state index in [0.29, 0.717) is 18.8 Å². The maximum atomic E-state index is 13.2. The van der Waals surface area contributed by atoms with E-state index in [1.54, 1.807) is 7.11 Å². The van der Waals surface area contributed by atoms with Crippen LogP contribution in [0.15, 0.2) is 18.3 Å². The first-order valence-electron chi connectivity index (χ1n) is 9.74. The zero-order valence-electron chi connectivity index (χ0n) is 16.3. The summed E-state index contributed by atoms with van der Waals surface area (Å²) >= 11 is 0. The van der Waals surface area contributed by atoms with Gasteiger partial charge in [0, 0.05) is 39.5 Å². The molecule has 1 aliphatic heterocycles. The van der Waals surface area contributed by atoms with E-state index < -0.39 is 6.10 Å². The van der Waals surface area contributed by atoms with Gasteiger partial charge in [-0.25, -0.2) is 4.98 Å². The fraction of sp³-hybridized carbons (Fsp3) is 0.600. The van der Waals surface area contributed by atoms with Crippen molar-refractivity contribution in [2.24, 2.45) is 0 Å². The predicted octanol–water partition coefficient (Wildman–Crippen LogP) is 1.76. The number of aliphatic hydroxyl groups is 1. The zero-order valence-corrected chi connectivity index (χ0v) is 16.3. The van der Waals surface area contributed by atoms with Crippen LogP contribution in [-0.2, 0) is 11.3 Å². The molecule has 1 fully saturated rings. The van der Waals surface area contributed by atoms with Crippen molar-refractivity contribution in [2.45, 2.75) is 45.3 Å². The third kappa shape index (κ3) is 4.86. The van der Waals surface area contributed by atoms with Gasteiger partial charge in [0.25, 0.3) is 5.91 Å². The summed E-state index contributed by atoms with van der Waals surface area (Å²) in [7, 11) is 1.56. The molecule has 2 N–H and O–H groups in total. The van der Waals surface area contributed by atoms with Crippen LogP contribution >= 0.6 is 0 Å². The first kappa shape index (κ1) is 19.8. The van der Waals surface area contributed by atoms with Crippen molar-refractivity contribution in [3.8, 4) is 0 Å². The zero-order chi connectivity index (χ0) is 19.2. The largest absolute Gasteiger partial charge is 0.389 e. The fourth-order valence-electron chi connectivity index (χ4n) is 3.57. The molecule has 3 heterocycles. The molecule has 3 rings (SSSR count). The van der Waals surface area contributed by atoms with Crippen LogP contribution in [0, 0.1) is 6.92 Å². The van der Waals surface area contributed by atoms with E-state index in [9.17, 15) is 9.90 Å². The number of fused-ring (bicyclic) bond motifs is 1. The highest BCUT2D eigenvalue weighted by molar-refractivity contribution is 5.94. The molecule has 0 bridgehead atoms. The summed E-state index contributed by atoms with van der Waals surface area (Å²) in [6.45, 7) is 4.74. The molecule has 0 saturated carbocycles. The normalized spacial score (nSPS) is 16.5. The van der Waals surface area contributed by atoms with Gasteiger partial charge in [-0.2, -0.15) is 0 Å². The number of methoxy groups -OCH3 is 1. The molecule has 0 radical (unpaired) electrons. The van der Waals surface area contributed by atoms with Crippen LogP contribution in [0.3, 0.4) is 0 Å². The quantitative estimate of drug-likeness (QED) is 0.772. The molecule has 148 valence electrons. The third-order valence-corrected chi connectivity index (χ3v) is 5.01. The molecule has 0 aromatic carbocycles. The molecule has 2 aromatic heterocycles. The number of nitrogens with one attached hydrogen (secondary N) is 1. The Morgan fingerprint density at radius 2 is 2.07 bits per heavy atom. The smallest absolute Gasteiger partial charge is 0.274 e. The number of aromatic nitrogens is 2. The molecule has 1 unspecified atom stereocenters. The van der Waals surface area contributed by atoms with Gasteiger partial charge in [0.05, 0.1) is 18.4 Å². The summed E-state index contributed by atoms with van der Waals surface area (Å²) < 4.78 is 6.93. The van der Waals surface area contributed by atoms with E-state index >= 15 is 0 Å². The van der Waals surface area contributed by atoms with E-state index in [4.69, 9.17) is 4.74 Å². The number of imidazole rings is 1. The molecule has 0 spiro atoms. The lowest BCUT2D eigenvalue weighted by Gasteiger charge is -2.20. The standard InChI is InChI=1S/C20H30N4O3/c1-15-7-10-24-17(13-21-12-16(25)14-27-2)19(22-18(24)11-15)20(26)23-8-5-3-4-6-9-23/h7,10-11,16,21,25H,3-6,8-9,12-14H2,1-2H3. The van der Waals surface area contributed by atoms with Gasteiger partial charge in [-0.05, 0) is 37.5 Å². The van der Waals surface area contributed by atoms with Crippen LogP contribution < -0.4 is 5.32 Å². The van der Waals surface area contributed by atoms with Gasteiger partial charge in [-0.1, -0.05) is 12.8 Å². The minimum atomic E-state index is -0.582. The van der Waals surface area contributed by atoms with Crippen molar-refractivity contribution < 1.29 is 14.6 Å². The summed E-state index contributed by atoms with van der Waals surface area (Å²) in [5.41, 5.74) is 3.24. The lowest BCUT2D eigenvalue weighted by atomic mass is 10.2. The molecular formula is C20H30N4O3. The molecule has 1 aliphatic rings. The number of hydrogen-bond acceptors (Lipinski definition) is 5. The van der Waals surface area contributed by atoms with Crippen LogP contribution in [-0.4, -0.2) is 64.8 Å². The molecule has 1 saturated heterocycles. The third-order valence-electron chi connectivity index (χ3n) is 5.01. The Kier molecular flexibility index (Phi) is 6.82. The molecule has 27 heavy (non-hydrogen) atoms. The minimum absolute atomic E-state index is 0.00694. The van der Waals surface area contributed by atoms with Crippen molar-refractivity contribution in [3.63, 3.8) is 0 Å². The first-order chi connectivity index (χ1) is 13.1. The van der Waals surface area contributed by atoms with E-state index in [1.165, 1.54) is 12.8 Å². The molecule has 1 atom stereocenters. The van der Waals surface area contributed by atoms with E-state index in [1.807, 2.05) is 34.6 Å². The highest BCUT2D eigenvalue weighted by Gasteiger charge is 2.24. The average molecular weight is 374 g/mol. The molecule has 2 aromatic rings. The monoisotopic (exact) mass is 374 g/mol. The number of likely N-dealkylation sites (tertiary alicyclic amines) is 1. The Hall–Kier alpha value is -1.96. The molecular weight excluding hydrogens is 344 g/mol. The number of rotatable bonds is 7. The number of amides is 1. The van der Waals surface area contributed by atoms with Gasteiger partial charge in [-0.3, -0.25) is 4.79 Å². The average Bonchev–Trinajstić information content (AvgIpc) is 2.82. The lowest BCUT2D eigenvalue weighted by Crippen LogP contribution is -2.34. The number of ether oxygens (including phenoxy) is 1. The van der Waals surface area contributed by atoms with Gasteiger partial charge < -0.3 is 24.5 Å². The van der Waals surface area contributed by atoms with Gasteiger partial charge in [0.2, 0.25) is 0 Å². The second kappa shape index (κ2) is 9.30. The summed E-state index contributed by atoms with van der Waals surface area (Å²) in [4.78, 5) is 19.8. The topological polar surface area (TPSA) is 79.1 Å². The second-order valence-corrected chi connectivity index (χ2v) is 7.29. The van der Waals surface area contributed by atoms with Crippen LogP contribution in [0.25, 0.3) is 5.65 Å². The molecule has 1 amide bonds. The Balaban J connectivity index is 1.84. The van der Waals surface area contributed by atoms with Crippen LogP contribution in [0.2, 0.25) is 0 Å². The van der Waals surface area contributed by atoms with Crippen molar-refractivity contribution >= 4 is 11.6 Å². The Bertz CT molecular complexity index is 766. The number of nitrogens with zero attached hydrogens (tertiary/aromatic N) is 3. The van der Waals surface area contributed by atoms with Crippen molar-refractivity contribution in [1.29, 1.82) is 0 Å². The molecule has 7 nitrogen and oxygen atoms in total. The number of hydrogen-bond donors (Lipinski definition) is 2. The second-order valence-electron chi connectivity index (χ2n) is 7.29. The highest BCUT2D eigenvalue weighted by Crippen LogP contribution is 2.19. The number of aryl methyl sites for hydroxylation is 1. The van der Waals surface area contributed by atoms with Crippen molar-refractivity contribution in [1.82, 2.24) is 19.6 Å². The Morgan fingerprint density at radius 1 is 1.33 bits per heavy atom. The van der Waals surface area contributed by atoms with Crippen LogP contribution in [0.1, 0.15) is 47.4 Å². The summed E-state index contributed by atoms with van der Waals surface area (Å²) in [6, 6.07) is 4.00. The fourth-order valence-corrected chi connectivity index (χ4v) is 3.57. The maximum absolute atomic E-state index is 13.2. The lowest BCUT2D eigenvalue weighted by molar-refractivity contribution is 0.0643.